The van der Waals surface area contributed by atoms with E-state index < -0.39 is 11.9 Å². The first-order valence-electron chi connectivity index (χ1n) is 9.13. The number of alkyl halides is 3. The van der Waals surface area contributed by atoms with Gasteiger partial charge in [-0.25, -0.2) is 9.97 Å². The third-order valence-electron chi connectivity index (χ3n) is 5.46. The zero-order chi connectivity index (χ0) is 19.9. The molecule has 1 aromatic carbocycles. The van der Waals surface area contributed by atoms with Crippen LogP contribution in [0.15, 0.2) is 42.9 Å². The molecule has 1 fully saturated rings. The molecule has 2 unspecified atom stereocenters. The van der Waals surface area contributed by atoms with Gasteiger partial charge in [-0.2, -0.15) is 13.2 Å². The second kappa shape index (κ2) is 6.92. The molecule has 28 heavy (non-hydrogen) atoms. The molecule has 8 heteroatoms. The number of rotatable bonds is 3. The van der Waals surface area contributed by atoms with Crippen molar-refractivity contribution in [3.63, 3.8) is 0 Å². The highest BCUT2D eigenvalue weighted by molar-refractivity contribution is 5.84. The average Bonchev–Trinajstić information content (AvgIpc) is 3.08. The molecule has 2 atom stereocenters. The van der Waals surface area contributed by atoms with Crippen LogP contribution in [-0.2, 0) is 11.0 Å². The van der Waals surface area contributed by atoms with Gasteiger partial charge in [0.2, 0.25) is 5.91 Å². The minimum atomic E-state index is -4.52. The van der Waals surface area contributed by atoms with Gasteiger partial charge in [-0.3, -0.25) is 9.36 Å². The fourth-order valence-corrected chi connectivity index (χ4v) is 4.09. The zero-order valence-corrected chi connectivity index (χ0v) is 15.0. The Hall–Kier alpha value is -2.90. The van der Waals surface area contributed by atoms with E-state index in [1.807, 2.05) is 6.07 Å². The second-order valence-corrected chi connectivity index (χ2v) is 7.21. The quantitative estimate of drug-likeness (QED) is 0.731. The molecule has 3 aromatic rings. The van der Waals surface area contributed by atoms with Crippen molar-refractivity contribution in [3.8, 4) is 5.82 Å². The summed E-state index contributed by atoms with van der Waals surface area (Å²) in [6.45, 7) is 0. The van der Waals surface area contributed by atoms with E-state index >= 15 is 0 Å². The van der Waals surface area contributed by atoms with Crippen LogP contribution in [0.25, 0.3) is 16.7 Å². The Morgan fingerprint density at radius 2 is 2.00 bits per heavy atom. The van der Waals surface area contributed by atoms with Crippen LogP contribution >= 0.6 is 0 Å². The van der Waals surface area contributed by atoms with Gasteiger partial charge < -0.3 is 5.73 Å². The van der Waals surface area contributed by atoms with Gasteiger partial charge in [-0.1, -0.05) is 18.6 Å². The van der Waals surface area contributed by atoms with E-state index in [1.54, 1.807) is 12.1 Å². The number of fused-ring (bicyclic) bond motifs is 1. The van der Waals surface area contributed by atoms with Gasteiger partial charge >= 0.3 is 6.18 Å². The van der Waals surface area contributed by atoms with Gasteiger partial charge in [0, 0.05) is 17.5 Å². The van der Waals surface area contributed by atoms with Gasteiger partial charge in [-0.15, -0.1) is 0 Å². The second-order valence-electron chi connectivity index (χ2n) is 7.21. The number of nitrogens with two attached hydrogens (primary N) is 1. The number of hydrogen-bond donors (Lipinski definition) is 1. The van der Waals surface area contributed by atoms with Crippen molar-refractivity contribution in [2.24, 2.45) is 11.7 Å². The Morgan fingerprint density at radius 1 is 1.18 bits per heavy atom. The third-order valence-corrected chi connectivity index (χ3v) is 5.46. The van der Waals surface area contributed by atoms with E-state index in [4.69, 9.17) is 5.73 Å². The zero-order valence-electron chi connectivity index (χ0n) is 15.0. The number of halogens is 3. The van der Waals surface area contributed by atoms with Crippen molar-refractivity contribution in [1.29, 1.82) is 0 Å². The van der Waals surface area contributed by atoms with Gasteiger partial charge in [0.25, 0.3) is 0 Å². The van der Waals surface area contributed by atoms with Crippen molar-refractivity contribution >= 4 is 16.8 Å². The number of amides is 1. The van der Waals surface area contributed by atoms with E-state index in [0.717, 1.165) is 35.5 Å². The summed E-state index contributed by atoms with van der Waals surface area (Å²) in [5.41, 5.74) is 6.04. The maximum absolute atomic E-state index is 13.7. The van der Waals surface area contributed by atoms with Gasteiger partial charge in [-0.05, 0) is 48.9 Å². The predicted molar refractivity (Wildman–Crippen MR) is 97.8 cm³/mol. The highest BCUT2D eigenvalue weighted by Gasteiger charge is 2.36. The molecule has 4 rings (SSSR count). The van der Waals surface area contributed by atoms with Gasteiger partial charge in [0.15, 0.2) is 0 Å². The summed E-state index contributed by atoms with van der Waals surface area (Å²) in [4.78, 5) is 19.4. The monoisotopic (exact) mass is 388 g/mol. The Bertz CT molecular complexity index is 1010. The summed E-state index contributed by atoms with van der Waals surface area (Å²) in [6, 6.07) is 7.91. The number of carbonyl (C=O) groups is 1. The molecule has 0 saturated heterocycles. The lowest BCUT2D eigenvalue weighted by Gasteiger charge is -2.27. The molecule has 0 spiro atoms. The first-order chi connectivity index (χ1) is 13.3. The number of nitrogens with zero attached hydrogens (tertiary/aromatic N) is 3. The van der Waals surface area contributed by atoms with Crippen LogP contribution in [0.2, 0.25) is 0 Å². The molecule has 0 aliphatic heterocycles. The molecular formula is C20H19F3N4O. The van der Waals surface area contributed by atoms with Crippen LogP contribution < -0.4 is 5.73 Å². The average molecular weight is 388 g/mol. The van der Waals surface area contributed by atoms with Crippen LogP contribution in [0.3, 0.4) is 0 Å². The van der Waals surface area contributed by atoms with Crippen LogP contribution in [0, 0.1) is 5.92 Å². The number of aromatic nitrogens is 3. The Morgan fingerprint density at radius 3 is 2.68 bits per heavy atom. The summed E-state index contributed by atoms with van der Waals surface area (Å²) in [5, 5.41) is 0.483. The summed E-state index contributed by atoms with van der Waals surface area (Å²) >= 11 is 0. The number of benzene rings is 1. The largest absolute Gasteiger partial charge is 0.431 e. The molecule has 1 amide bonds. The predicted octanol–water partition coefficient (Wildman–Crippen LogP) is 4.20. The van der Waals surface area contributed by atoms with Gasteiger partial charge in [0.1, 0.15) is 17.8 Å². The number of carbonyl (C=O) groups excluding carboxylic acids is 1. The highest BCUT2D eigenvalue weighted by Crippen LogP contribution is 2.40. The normalized spacial score (nSPS) is 20.4. The van der Waals surface area contributed by atoms with Crippen molar-refractivity contribution in [2.45, 2.75) is 37.8 Å². The molecule has 146 valence electrons. The van der Waals surface area contributed by atoms with Crippen molar-refractivity contribution < 1.29 is 18.0 Å². The van der Waals surface area contributed by atoms with E-state index in [2.05, 4.69) is 9.97 Å². The Labute approximate surface area is 159 Å². The molecule has 2 N–H and O–H groups in total. The maximum Gasteiger partial charge on any atom is 0.431 e. The first kappa shape index (κ1) is 18.5. The van der Waals surface area contributed by atoms with Gasteiger partial charge in [0.05, 0.1) is 5.52 Å². The molecule has 2 aromatic heterocycles. The standard InChI is InChI=1S/C20H19F3N4O/c21-20(22,23)17-10-14-5-4-13(12-2-1-3-15(8-12)19(24)28)9-16(14)27(17)18-6-7-25-11-26-18/h4-7,9-12,15H,1-3,8H2,(H2,24,28). The van der Waals surface area contributed by atoms with Crippen LogP contribution in [0.4, 0.5) is 13.2 Å². The lowest BCUT2D eigenvalue weighted by Crippen LogP contribution is -2.27. The molecule has 1 saturated carbocycles. The Kier molecular flexibility index (Phi) is 4.56. The third kappa shape index (κ3) is 3.34. The summed E-state index contributed by atoms with van der Waals surface area (Å²) in [6.07, 6.45) is 1.27. The topological polar surface area (TPSA) is 73.8 Å². The van der Waals surface area contributed by atoms with E-state index in [0.29, 0.717) is 17.3 Å². The molecule has 0 radical (unpaired) electrons. The highest BCUT2D eigenvalue weighted by atomic mass is 19.4. The first-order valence-corrected chi connectivity index (χ1v) is 9.13. The number of hydrogen-bond acceptors (Lipinski definition) is 3. The van der Waals surface area contributed by atoms with E-state index in [9.17, 15) is 18.0 Å². The number of primary amides is 1. The minimum absolute atomic E-state index is 0.0961. The lowest BCUT2D eigenvalue weighted by molar-refractivity contribution is -0.142. The van der Waals surface area contributed by atoms with E-state index in [1.165, 1.54) is 18.6 Å². The SMILES string of the molecule is NC(=O)C1CCCC(c2ccc3cc(C(F)(F)F)n(-c4ccncn4)c3c2)C1. The fourth-order valence-electron chi connectivity index (χ4n) is 4.09. The van der Waals surface area contributed by atoms with Crippen LogP contribution in [-0.4, -0.2) is 20.4 Å². The molecule has 5 nitrogen and oxygen atoms in total. The van der Waals surface area contributed by atoms with E-state index in [-0.39, 0.29) is 23.6 Å². The van der Waals surface area contributed by atoms with Crippen molar-refractivity contribution in [2.75, 3.05) is 0 Å². The molecule has 0 bridgehead atoms. The molecule has 1 aliphatic rings. The maximum atomic E-state index is 13.7. The van der Waals surface area contributed by atoms with Crippen molar-refractivity contribution in [3.05, 3.63) is 54.1 Å². The Balaban J connectivity index is 1.84. The summed E-state index contributed by atoms with van der Waals surface area (Å²) < 4.78 is 42.1. The summed E-state index contributed by atoms with van der Waals surface area (Å²) in [5.74, 6) is -0.241. The lowest BCUT2D eigenvalue weighted by atomic mass is 9.77. The van der Waals surface area contributed by atoms with Crippen LogP contribution in [0.1, 0.15) is 42.9 Å². The molecular weight excluding hydrogens is 369 g/mol. The van der Waals surface area contributed by atoms with Crippen molar-refractivity contribution in [1.82, 2.24) is 14.5 Å². The minimum Gasteiger partial charge on any atom is -0.369 e. The molecule has 2 heterocycles. The molecule has 1 aliphatic carbocycles. The smallest absolute Gasteiger partial charge is 0.369 e. The fraction of sp³-hybridized carbons (Fsp3) is 0.350. The van der Waals surface area contributed by atoms with Crippen LogP contribution in [0.5, 0.6) is 0 Å². The summed E-state index contributed by atoms with van der Waals surface area (Å²) in [7, 11) is 0.